The van der Waals surface area contributed by atoms with Crippen LogP contribution in [0.15, 0.2) is 30.3 Å². The highest BCUT2D eigenvalue weighted by Gasteiger charge is 2.18. The van der Waals surface area contributed by atoms with Gasteiger partial charge in [0.1, 0.15) is 11.0 Å². The molecule has 9 heteroatoms. The van der Waals surface area contributed by atoms with Crippen LogP contribution in [0.1, 0.15) is 19.4 Å². The van der Waals surface area contributed by atoms with Crippen molar-refractivity contribution in [2.45, 2.75) is 26.0 Å². The Kier molecular flexibility index (Phi) is 5.41. The van der Waals surface area contributed by atoms with Gasteiger partial charge < -0.3 is 15.7 Å². The molecule has 0 bridgehead atoms. The number of anilines is 2. The fraction of sp³-hybridized carbons (Fsp3) is 0.294. The molecule has 0 atom stereocenters. The van der Waals surface area contributed by atoms with E-state index < -0.39 is 5.60 Å². The van der Waals surface area contributed by atoms with E-state index in [9.17, 15) is 5.11 Å². The average molecular weight is 393 g/mol. The lowest BCUT2D eigenvalue weighted by molar-refractivity contribution is 0.0944. The van der Waals surface area contributed by atoms with E-state index in [1.807, 2.05) is 30.3 Å². The number of halogens is 2. The summed E-state index contributed by atoms with van der Waals surface area (Å²) in [6, 6.07) is 9.86. The van der Waals surface area contributed by atoms with Crippen LogP contribution >= 0.6 is 23.2 Å². The Labute approximate surface area is 160 Å². The highest BCUT2D eigenvalue weighted by Crippen LogP contribution is 2.27. The summed E-state index contributed by atoms with van der Waals surface area (Å²) in [5, 5.41) is 16.3. The van der Waals surface area contributed by atoms with Crippen LogP contribution in [0.3, 0.4) is 0 Å². The predicted octanol–water partition coefficient (Wildman–Crippen LogP) is 3.52. The number of rotatable bonds is 6. The molecule has 0 saturated carbocycles. The smallest absolute Gasteiger partial charge is 0.225 e. The van der Waals surface area contributed by atoms with Crippen LogP contribution in [0, 0.1) is 0 Å². The zero-order chi connectivity index (χ0) is 18.7. The Balaban J connectivity index is 1.97. The van der Waals surface area contributed by atoms with Gasteiger partial charge in [0.05, 0.1) is 5.60 Å². The van der Waals surface area contributed by atoms with Crippen LogP contribution < -0.4 is 10.6 Å². The second kappa shape index (κ2) is 7.57. The lowest BCUT2D eigenvalue weighted by atomic mass is 10.1. The quantitative estimate of drug-likeness (QED) is 0.552. The maximum Gasteiger partial charge on any atom is 0.225 e. The molecule has 7 nitrogen and oxygen atoms in total. The second-order valence-corrected chi connectivity index (χ2v) is 7.06. The van der Waals surface area contributed by atoms with E-state index in [1.54, 1.807) is 13.8 Å². The molecule has 0 fully saturated rings. The van der Waals surface area contributed by atoms with Crippen molar-refractivity contribution >= 4 is 45.9 Å². The molecule has 0 unspecified atom stereocenters. The molecular weight excluding hydrogens is 375 g/mol. The SMILES string of the molecule is CC(C)(O)CNc1nc(Cl)nc2c(NCc3ccccc3)nc(Cl)nc12. The minimum absolute atomic E-state index is 0.0458. The highest BCUT2D eigenvalue weighted by molar-refractivity contribution is 6.30. The second-order valence-electron chi connectivity index (χ2n) is 6.38. The molecule has 1 aromatic carbocycles. The fourth-order valence-corrected chi connectivity index (χ4v) is 2.63. The lowest BCUT2D eigenvalue weighted by Gasteiger charge is -2.19. The van der Waals surface area contributed by atoms with Crippen molar-refractivity contribution in [3.05, 3.63) is 46.5 Å². The minimum Gasteiger partial charge on any atom is -0.389 e. The molecule has 0 amide bonds. The molecule has 2 heterocycles. The van der Waals surface area contributed by atoms with Gasteiger partial charge in [0.25, 0.3) is 0 Å². The Bertz CT molecular complexity index is 915. The van der Waals surface area contributed by atoms with E-state index in [1.165, 1.54) is 0 Å². The molecule has 3 N–H and O–H groups in total. The maximum absolute atomic E-state index is 9.93. The number of nitrogens with one attached hydrogen (secondary N) is 2. The lowest BCUT2D eigenvalue weighted by Crippen LogP contribution is -2.29. The van der Waals surface area contributed by atoms with Crippen LogP contribution in [0.2, 0.25) is 10.6 Å². The summed E-state index contributed by atoms with van der Waals surface area (Å²) in [4.78, 5) is 16.8. The number of hydrogen-bond acceptors (Lipinski definition) is 7. The van der Waals surface area contributed by atoms with Crippen LogP contribution in [-0.4, -0.2) is 37.2 Å². The minimum atomic E-state index is -0.936. The van der Waals surface area contributed by atoms with Crippen molar-refractivity contribution in [2.24, 2.45) is 0 Å². The molecule has 0 aliphatic rings. The third-order valence-corrected chi connectivity index (χ3v) is 3.82. The van der Waals surface area contributed by atoms with Crippen molar-refractivity contribution in [2.75, 3.05) is 17.2 Å². The molecule has 26 heavy (non-hydrogen) atoms. The van der Waals surface area contributed by atoms with Gasteiger partial charge in [-0.2, -0.15) is 9.97 Å². The summed E-state index contributed by atoms with van der Waals surface area (Å²) in [5.41, 5.74) is 1.02. The van der Waals surface area contributed by atoms with Gasteiger partial charge in [-0.1, -0.05) is 30.3 Å². The zero-order valence-electron chi connectivity index (χ0n) is 14.3. The first-order chi connectivity index (χ1) is 12.3. The van der Waals surface area contributed by atoms with Crippen molar-refractivity contribution in [3.8, 4) is 0 Å². The molecular formula is C17H18Cl2N6O. The molecule has 3 rings (SSSR count). The van der Waals surface area contributed by atoms with E-state index in [2.05, 4.69) is 30.6 Å². The van der Waals surface area contributed by atoms with Crippen molar-refractivity contribution < 1.29 is 5.11 Å². The van der Waals surface area contributed by atoms with Gasteiger partial charge >= 0.3 is 0 Å². The molecule has 0 spiro atoms. The zero-order valence-corrected chi connectivity index (χ0v) is 15.8. The van der Waals surface area contributed by atoms with Gasteiger partial charge in [0.15, 0.2) is 11.6 Å². The Morgan fingerprint density at radius 1 is 0.885 bits per heavy atom. The monoisotopic (exact) mass is 392 g/mol. The predicted molar refractivity (Wildman–Crippen MR) is 104 cm³/mol. The van der Waals surface area contributed by atoms with Gasteiger partial charge in [-0.25, -0.2) is 9.97 Å². The molecule has 0 aliphatic carbocycles. The Morgan fingerprint density at radius 3 is 1.96 bits per heavy atom. The molecule has 0 saturated heterocycles. The fourth-order valence-electron chi connectivity index (χ4n) is 2.29. The number of fused-ring (bicyclic) bond motifs is 1. The number of aliphatic hydroxyl groups is 1. The van der Waals surface area contributed by atoms with Crippen molar-refractivity contribution in [1.29, 1.82) is 0 Å². The van der Waals surface area contributed by atoms with E-state index in [0.29, 0.717) is 29.2 Å². The summed E-state index contributed by atoms with van der Waals surface area (Å²) in [5.74, 6) is 0.841. The summed E-state index contributed by atoms with van der Waals surface area (Å²) >= 11 is 12.1. The van der Waals surface area contributed by atoms with E-state index in [4.69, 9.17) is 23.2 Å². The number of hydrogen-bond donors (Lipinski definition) is 3. The van der Waals surface area contributed by atoms with Gasteiger partial charge in [0.2, 0.25) is 10.6 Å². The van der Waals surface area contributed by atoms with Gasteiger partial charge in [-0.3, -0.25) is 0 Å². The van der Waals surface area contributed by atoms with E-state index >= 15 is 0 Å². The van der Waals surface area contributed by atoms with Gasteiger partial charge in [-0.05, 0) is 42.6 Å². The first kappa shape index (κ1) is 18.6. The van der Waals surface area contributed by atoms with Gasteiger partial charge in [0, 0.05) is 13.1 Å². The first-order valence-corrected chi connectivity index (χ1v) is 8.72. The largest absolute Gasteiger partial charge is 0.389 e. The molecule has 2 aromatic heterocycles. The summed E-state index contributed by atoms with van der Waals surface area (Å²) < 4.78 is 0. The number of aromatic nitrogens is 4. The van der Waals surface area contributed by atoms with E-state index in [-0.39, 0.29) is 17.1 Å². The average Bonchev–Trinajstić information content (AvgIpc) is 2.58. The Morgan fingerprint density at radius 2 is 1.42 bits per heavy atom. The number of nitrogens with zero attached hydrogens (tertiary/aromatic N) is 4. The van der Waals surface area contributed by atoms with Crippen molar-refractivity contribution in [3.63, 3.8) is 0 Å². The van der Waals surface area contributed by atoms with Crippen LogP contribution in [-0.2, 0) is 6.54 Å². The van der Waals surface area contributed by atoms with Crippen LogP contribution in [0.25, 0.3) is 11.0 Å². The first-order valence-electron chi connectivity index (χ1n) is 7.97. The maximum atomic E-state index is 9.93. The molecule has 136 valence electrons. The molecule has 0 radical (unpaired) electrons. The van der Waals surface area contributed by atoms with Gasteiger partial charge in [-0.15, -0.1) is 0 Å². The van der Waals surface area contributed by atoms with Crippen LogP contribution in [0.4, 0.5) is 11.6 Å². The summed E-state index contributed by atoms with van der Waals surface area (Å²) in [6.07, 6.45) is 0. The molecule has 0 aliphatic heterocycles. The summed E-state index contributed by atoms with van der Waals surface area (Å²) in [6.45, 7) is 4.15. The number of benzene rings is 1. The third-order valence-electron chi connectivity index (χ3n) is 3.48. The van der Waals surface area contributed by atoms with Crippen molar-refractivity contribution in [1.82, 2.24) is 19.9 Å². The Hall–Kier alpha value is -2.22. The summed E-state index contributed by atoms with van der Waals surface area (Å²) in [7, 11) is 0. The van der Waals surface area contributed by atoms with E-state index in [0.717, 1.165) is 5.56 Å². The molecule has 3 aromatic rings. The highest BCUT2D eigenvalue weighted by atomic mass is 35.5. The topological polar surface area (TPSA) is 95.8 Å². The van der Waals surface area contributed by atoms with Crippen LogP contribution in [0.5, 0.6) is 0 Å². The standard InChI is InChI=1S/C17H18Cl2N6O/c1-17(2,26)9-21-14-12-11(22-16(19)25-14)13(24-15(18)23-12)20-8-10-6-4-3-5-7-10/h3-7,26H,8-9H2,1-2H3,(H,20,23,24)(H,21,22,25). The normalized spacial score (nSPS) is 11.6. The third kappa shape index (κ3) is 4.69.